The normalized spacial score (nSPS) is 23.6. The van der Waals surface area contributed by atoms with Crippen molar-refractivity contribution in [1.29, 1.82) is 0 Å². The van der Waals surface area contributed by atoms with Crippen LogP contribution in [0.15, 0.2) is 24.3 Å². The number of nitrogens with zero attached hydrogens (tertiary/aromatic N) is 1. The van der Waals surface area contributed by atoms with Crippen molar-refractivity contribution in [2.24, 2.45) is 0 Å². The average molecular weight is 385 g/mol. The summed E-state index contributed by atoms with van der Waals surface area (Å²) in [5.74, 6) is 0.713. The summed E-state index contributed by atoms with van der Waals surface area (Å²) >= 11 is 0. The van der Waals surface area contributed by atoms with Crippen LogP contribution in [-0.4, -0.2) is 55.1 Å². The van der Waals surface area contributed by atoms with Crippen molar-refractivity contribution >= 4 is 12.6 Å². The molecule has 0 atom stereocenters. The Labute approximate surface area is 159 Å². The number of alkyl halides is 3. The zero-order valence-electron chi connectivity index (χ0n) is 16.3. The van der Waals surface area contributed by atoms with E-state index in [1.54, 1.807) is 0 Å². The van der Waals surface area contributed by atoms with Crippen LogP contribution in [0, 0.1) is 0 Å². The van der Waals surface area contributed by atoms with Crippen molar-refractivity contribution in [2.45, 2.75) is 64.0 Å². The molecule has 0 bridgehead atoms. The maximum absolute atomic E-state index is 12.5. The SMILES string of the molecule is CC1(C)OB(c2ccc(OC3CCN(CC(F)(F)F)CC3)cc2)OC1(C)C. The van der Waals surface area contributed by atoms with E-state index in [2.05, 4.69) is 0 Å². The van der Waals surface area contributed by atoms with Gasteiger partial charge in [-0.2, -0.15) is 13.2 Å². The molecule has 2 heterocycles. The summed E-state index contributed by atoms with van der Waals surface area (Å²) in [6.45, 7) is 7.99. The van der Waals surface area contributed by atoms with E-state index < -0.39 is 31.0 Å². The van der Waals surface area contributed by atoms with Crippen LogP contribution >= 0.6 is 0 Å². The van der Waals surface area contributed by atoms with Crippen molar-refractivity contribution in [3.05, 3.63) is 24.3 Å². The second-order valence-electron chi connectivity index (χ2n) is 8.37. The summed E-state index contributed by atoms with van der Waals surface area (Å²) in [7, 11) is -0.422. The van der Waals surface area contributed by atoms with Gasteiger partial charge in [0.25, 0.3) is 0 Å². The Morgan fingerprint density at radius 2 is 1.56 bits per heavy atom. The van der Waals surface area contributed by atoms with Crippen LogP contribution < -0.4 is 10.2 Å². The van der Waals surface area contributed by atoms with Crippen molar-refractivity contribution in [2.75, 3.05) is 19.6 Å². The molecule has 0 unspecified atom stereocenters. The lowest BCUT2D eigenvalue weighted by molar-refractivity contribution is -0.149. The standard InChI is InChI=1S/C19H27BF3NO3/c1-17(2)18(3,4)27-20(26-17)14-5-7-15(8-6-14)25-16-9-11-24(12-10-16)13-19(21,22)23/h5-8,16H,9-13H2,1-4H3. The largest absolute Gasteiger partial charge is 0.494 e. The molecule has 2 aliphatic rings. The van der Waals surface area contributed by atoms with Crippen LogP contribution in [0.4, 0.5) is 13.2 Å². The van der Waals surface area contributed by atoms with Crippen molar-refractivity contribution in [1.82, 2.24) is 4.90 Å². The second kappa shape index (κ2) is 7.30. The molecule has 0 aromatic heterocycles. The molecule has 27 heavy (non-hydrogen) atoms. The Kier molecular flexibility index (Phi) is 5.54. The summed E-state index contributed by atoms with van der Waals surface area (Å²) in [5, 5.41) is 0. The minimum Gasteiger partial charge on any atom is -0.490 e. The summed E-state index contributed by atoms with van der Waals surface area (Å²) in [4.78, 5) is 1.43. The molecule has 2 fully saturated rings. The fraction of sp³-hybridized carbons (Fsp3) is 0.684. The molecule has 0 N–H and O–H groups in total. The number of likely N-dealkylation sites (tertiary alicyclic amines) is 1. The van der Waals surface area contributed by atoms with Gasteiger partial charge in [0.2, 0.25) is 0 Å². The monoisotopic (exact) mass is 385 g/mol. The van der Waals surface area contributed by atoms with Crippen LogP contribution in [0.3, 0.4) is 0 Å². The smallest absolute Gasteiger partial charge is 0.490 e. The van der Waals surface area contributed by atoms with Crippen molar-refractivity contribution in [3.63, 3.8) is 0 Å². The fourth-order valence-corrected chi connectivity index (χ4v) is 3.31. The molecule has 0 aliphatic carbocycles. The highest BCUT2D eigenvalue weighted by atomic mass is 19.4. The lowest BCUT2D eigenvalue weighted by Crippen LogP contribution is -2.42. The molecule has 0 radical (unpaired) electrons. The first-order chi connectivity index (χ1) is 12.5. The van der Waals surface area contributed by atoms with Crippen LogP contribution in [0.25, 0.3) is 0 Å². The number of hydrogen-bond donors (Lipinski definition) is 0. The second-order valence-corrected chi connectivity index (χ2v) is 8.37. The van der Waals surface area contributed by atoms with Crippen molar-refractivity contribution < 1.29 is 27.2 Å². The molecular weight excluding hydrogens is 358 g/mol. The minimum absolute atomic E-state index is 0.0582. The van der Waals surface area contributed by atoms with E-state index >= 15 is 0 Å². The number of piperidine rings is 1. The Bertz CT molecular complexity index is 625. The molecule has 8 heteroatoms. The molecule has 3 rings (SSSR count). The van der Waals surface area contributed by atoms with E-state index in [4.69, 9.17) is 14.0 Å². The van der Waals surface area contributed by atoms with Crippen LogP contribution in [0.2, 0.25) is 0 Å². The molecule has 150 valence electrons. The van der Waals surface area contributed by atoms with Gasteiger partial charge in [-0.15, -0.1) is 0 Å². The quantitative estimate of drug-likeness (QED) is 0.744. The third-order valence-electron chi connectivity index (χ3n) is 5.65. The molecule has 2 aliphatic heterocycles. The highest BCUT2D eigenvalue weighted by Gasteiger charge is 2.51. The third kappa shape index (κ3) is 4.98. The van der Waals surface area contributed by atoms with Gasteiger partial charge in [-0.05, 0) is 58.1 Å². The number of halogens is 3. The Balaban J connectivity index is 1.52. The van der Waals surface area contributed by atoms with E-state index in [-0.39, 0.29) is 6.10 Å². The molecule has 1 aromatic rings. The first-order valence-electron chi connectivity index (χ1n) is 9.37. The van der Waals surface area contributed by atoms with Crippen LogP contribution in [-0.2, 0) is 9.31 Å². The van der Waals surface area contributed by atoms with Gasteiger partial charge in [0.1, 0.15) is 11.9 Å². The fourth-order valence-electron chi connectivity index (χ4n) is 3.31. The predicted molar refractivity (Wildman–Crippen MR) is 98.3 cm³/mol. The molecule has 4 nitrogen and oxygen atoms in total. The maximum Gasteiger partial charge on any atom is 0.494 e. The predicted octanol–water partition coefficient (Wildman–Crippen LogP) is 3.39. The number of hydrogen-bond acceptors (Lipinski definition) is 4. The van der Waals surface area contributed by atoms with Gasteiger partial charge in [-0.1, -0.05) is 12.1 Å². The minimum atomic E-state index is -4.14. The van der Waals surface area contributed by atoms with Gasteiger partial charge < -0.3 is 14.0 Å². The molecule has 1 aromatic carbocycles. The van der Waals surface area contributed by atoms with Crippen molar-refractivity contribution in [3.8, 4) is 5.75 Å². The Hall–Kier alpha value is -1.25. The van der Waals surface area contributed by atoms with E-state index in [1.165, 1.54) is 4.90 Å². The Morgan fingerprint density at radius 3 is 2.04 bits per heavy atom. The summed E-state index contributed by atoms with van der Waals surface area (Å²) < 4.78 is 55.4. The third-order valence-corrected chi connectivity index (χ3v) is 5.65. The molecular formula is C19H27BF3NO3. The lowest BCUT2D eigenvalue weighted by Gasteiger charge is -2.32. The van der Waals surface area contributed by atoms with Crippen LogP contribution in [0.1, 0.15) is 40.5 Å². The van der Waals surface area contributed by atoms with Crippen LogP contribution in [0.5, 0.6) is 5.75 Å². The zero-order chi connectivity index (χ0) is 19.9. The van der Waals surface area contributed by atoms with Gasteiger partial charge >= 0.3 is 13.3 Å². The molecule has 2 saturated heterocycles. The summed E-state index contributed by atoms with van der Waals surface area (Å²) in [5.41, 5.74) is 0.134. The number of ether oxygens (including phenoxy) is 1. The summed E-state index contributed by atoms with van der Waals surface area (Å²) in [6.07, 6.45) is -3.02. The van der Waals surface area contributed by atoms with Gasteiger partial charge in [0, 0.05) is 13.1 Å². The molecule has 0 spiro atoms. The highest BCUT2D eigenvalue weighted by Crippen LogP contribution is 2.36. The highest BCUT2D eigenvalue weighted by molar-refractivity contribution is 6.62. The van der Waals surface area contributed by atoms with Gasteiger partial charge in [0.05, 0.1) is 17.7 Å². The first kappa shape index (κ1) is 20.5. The molecule has 0 amide bonds. The lowest BCUT2D eigenvalue weighted by atomic mass is 9.79. The van der Waals surface area contributed by atoms with Gasteiger partial charge in [-0.25, -0.2) is 0 Å². The van der Waals surface area contributed by atoms with E-state index in [1.807, 2.05) is 52.0 Å². The van der Waals surface area contributed by atoms with E-state index in [0.717, 1.165) is 5.46 Å². The first-order valence-corrected chi connectivity index (χ1v) is 9.37. The number of benzene rings is 1. The van der Waals surface area contributed by atoms with E-state index in [9.17, 15) is 13.2 Å². The van der Waals surface area contributed by atoms with Gasteiger partial charge in [-0.3, -0.25) is 4.90 Å². The topological polar surface area (TPSA) is 30.9 Å². The average Bonchev–Trinajstić information content (AvgIpc) is 2.77. The zero-order valence-corrected chi connectivity index (χ0v) is 16.3. The Morgan fingerprint density at radius 1 is 1.04 bits per heavy atom. The van der Waals surface area contributed by atoms with E-state index in [0.29, 0.717) is 31.7 Å². The number of rotatable bonds is 4. The van der Waals surface area contributed by atoms with Gasteiger partial charge in [0.15, 0.2) is 0 Å². The summed E-state index contributed by atoms with van der Waals surface area (Å²) in [6, 6.07) is 7.55. The molecule has 0 saturated carbocycles. The maximum atomic E-state index is 12.5.